The first-order valence-electron chi connectivity index (χ1n) is 8.11. The van der Waals surface area contributed by atoms with Crippen molar-refractivity contribution in [3.05, 3.63) is 18.2 Å². The fraction of sp³-hybridized carbons (Fsp3) is 0.688. The Labute approximate surface area is 138 Å². The van der Waals surface area contributed by atoms with Gasteiger partial charge >= 0.3 is 0 Å². The van der Waals surface area contributed by atoms with Gasteiger partial charge in [-0.15, -0.1) is 0 Å². The fourth-order valence-electron chi connectivity index (χ4n) is 3.20. The Morgan fingerprint density at radius 2 is 2.09 bits per heavy atom. The maximum atomic E-state index is 12.6. The number of imidazole rings is 1. The van der Waals surface area contributed by atoms with Gasteiger partial charge in [0.2, 0.25) is 5.91 Å². The lowest BCUT2D eigenvalue weighted by atomic mass is 9.84. The zero-order chi connectivity index (χ0) is 16.9. The van der Waals surface area contributed by atoms with Gasteiger partial charge in [0.05, 0.1) is 12.0 Å². The highest BCUT2D eigenvalue weighted by Crippen LogP contribution is 2.38. The van der Waals surface area contributed by atoms with Crippen molar-refractivity contribution < 1.29 is 4.79 Å². The lowest BCUT2D eigenvalue weighted by molar-refractivity contribution is -0.138. The van der Waals surface area contributed by atoms with E-state index >= 15 is 0 Å². The highest BCUT2D eigenvalue weighted by molar-refractivity contribution is 5.85. The van der Waals surface area contributed by atoms with Crippen LogP contribution in [-0.2, 0) is 18.4 Å². The van der Waals surface area contributed by atoms with Crippen LogP contribution in [0.3, 0.4) is 0 Å². The van der Waals surface area contributed by atoms with Gasteiger partial charge in [-0.25, -0.2) is 4.98 Å². The predicted molar refractivity (Wildman–Crippen MR) is 91.0 cm³/mol. The Kier molecular flexibility index (Phi) is 5.63. The van der Waals surface area contributed by atoms with E-state index in [1.54, 1.807) is 18.1 Å². The summed E-state index contributed by atoms with van der Waals surface area (Å²) in [6.45, 7) is 1.21. The van der Waals surface area contributed by atoms with Gasteiger partial charge in [0.25, 0.3) is 0 Å². The van der Waals surface area contributed by atoms with Crippen LogP contribution in [0.15, 0.2) is 17.4 Å². The van der Waals surface area contributed by atoms with Crippen LogP contribution < -0.4 is 10.6 Å². The number of amides is 1. The molecule has 1 fully saturated rings. The fourth-order valence-corrected chi connectivity index (χ4v) is 3.20. The molecule has 1 aromatic rings. The SMILES string of the molecule is CN=C(NCc1nccn1C)NCC1(C(=O)N(C)C)CCCC1. The largest absolute Gasteiger partial charge is 0.355 e. The molecule has 0 atom stereocenters. The molecule has 2 N–H and O–H groups in total. The van der Waals surface area contributed by atoms with Crippen LogP contribution in [0.1, 0.15) is 31.5 Å². The molecule has 0 unspecified atom stereocenters. The van der Waals surface area contributed by atoms with E-state index in [-0.39, 0.29) is 11.3 Å². The van der Waals surface area contributed by atoms with Crippen LogP contribution in [0.25, 0.3) is 0 Å². The van der Waals surface area contributed by atoms with E-state index in [0.717, 1.165) is 31.5 Å². The number of aromatic nitrogens is 2. The van der Waals surface area contributed by atoms with Crippen molar-refractivity contribution >= 4 is 11.9 Å². The standard InChI is InChI=1S/C16H28N6O/c1-17-15(19-11-13-18-9-10-22(13)4)20-12-16(7-5-6-8-16)14(23)21(2)3/h9-10H,5-8,11-12H2,1-4H3,(H2,17,19,20). The molecule has 128 valence electrons. The topological polar surface area (TPSA) is 74.5 Å². The molecule has 0 radical (unpaired) electrons. The maximum absolute atomic E-state index is 12.6. The van der Waals surface area contributed by atoms with Crippen LogP contribution >= 0.6 is 0 Å². The first-order valence-corrected chi connectivity index (χ1v) is 8.11. The van der Waals surface area contributed by atoms with Crippen molar-refractivity contribution in [2.24, 2.45) is 17.5 Å². The van der Waals surface area contributed by atoms with Gasteiger partial charge < -0.3 is 20.1 Å². The summed E-state index contributed by atoms with van der Waals surface area (Å²) in [6, 6.07) is 0. The van der Waals surface area contributed by atoms with Gasteiger partial charge in [0, 0.05) is 47.1 Å². The third-order valence-electron chi connectivity index (χ3n) is 4.57. The molecule has 7 nitrogen and oxygen atoms in total. The summed E-state index contributed by atoms with van der Waals surface area (Å²) in [6.07, 6.45) is 7.79. The number of guanidine groups is 1. The van der Waals surface area contributed by atoms with Crippen LogP contribution in [0.4, 0.5) is 0 Å². The average Bonchev–Trinajstić information content (AvgIpc) is 3.17. The van der Waals surface area contributed by atoms with Crippen molar-refractivity contribution in [1.82, 2.24) is 25.1 Å². The first-order chi connectivity index (χ1) is 11.0. The molecule has 0 aliphatic heterocycles. The molecule has 2 rings (SSSR count). The summed E-state index contributed by atoms with van der Waals surface area (Å²) in [4.78, 5) is 22.8. The Hall–Kier alpha value is -2.05. The maximum Gasteiger partial charge on any atom is 0.230 e. The van der Waals surface area contributed by atoms with Crippen molar-refractivity contribution in [2.75, 3.05) is 27.7 Å². The van der Waals surface area contributed by atoms with E-state index in [2.05, 4.69) is 20.6 Å². The molecule has 1 saturated carbocycles. The molecular formula is C16H28N6O. The quantitative estimate of drug-likeness (QED) is 0.620. The molecule has 1 aliphatic rings. The molecule has 23 heavy (non-hydrogen) atoms. The summed E-state index contributed by atoms with van der Waals surface area (Å²) in [5.74, 6) is 1.85. The average molecular weight is 320 g/mol. The van der Waals surface area contributed by atoms with Crippen LogP contribution in [-0.4, -0.2) is 54.0 Å². The van der Waals surface area contributed by atoms with E-state index in [1.165, 1.54) is 0 Å². The normalized spacial score (nSPS) is 17.1. The van der Waals surface area contributed by atoms with Crippen LogP contribution in [0.5, 0.6) is 0 Å². The van der Waals surface area contributed by atoms with Crippen molar-refractivity contribution in [1.29, 1.82) is 0 Å². The van der Waals surface area contributed by atoms with Gasteiger partial charge in [-0.3, -0.25) is 9.79 Å². The van der Waals surface area contributed by atoms with Gasteiger partial charge in [-0.1, -0.05) is 12.8 Å². The number of hydrogen-bond acceptors (Lipinski definition) is 3. The molecule has 0 saturated heterocycles. The van der Waals surface area contributed by atoms with Crippen molar-refractivity contribution in [3.63, 3.8) is 0 Å². The van der Waals surface area contributed by atoms with Crippen molar-refractivity contribution in [3.8, 4) is 0 Å². The molecule has 0 spiro atoms. The molecular weight excluding hydrogens is 292 g/mol. The summed E-state index contributed by atoms with van der Waals surface area (Å²) in [7, 11) is 7.36. The summed E-state index contributed by atoms with van der Waals surface area (Å²) in [5, 5.41) is 6.58. The Bertz CT molecular complexity index is 557. The predicted octanol–water partition coefficient (Wildman–Crippen LogP) is 0.734. The second-order valence-electron chi connectivity index (χ2n) is 6.42. The summed E-state index contributed by atoms with van der Waals surface area (Å²) >= 11 is 0. The van der Waals surface area contributed by atoms with Gasteiger partial charge in [-0.05, 0) is 12.8 Å². The smallest absolute Gasteiger partial charge is 0.230 e. The van der Waals surface area contributed by atoms with E-state index < -0.39 is 0 Å². The number of nitrogens with zero attached hydrogens (tertiary/aromatic N) is 4. The zero-order valence-corrected chi connectivity index (χ0v) is 14.6. The minimum atomic E-state index is -0.301. The molecule has 0 bridgehead atoms. The number of aliphatic imine (C=N–C) groups is 1. The van der Waals surface area contributed by atoms with E-state index in [1.807, 2.05) is 31.9 Å². The van der Waals surface area contributed by atoms with E-state index in [0.29, 0.717) is 19.0 Å². The third-order valence-corrected chi connectivity index (χ3v) is 4.57. The third kappa shape index (κ3) is 4.03. The molecule has 1 heterocycles. The van der Waals surface area contributed by atoms with Crippen LogP contribution in [0.2, 0.25) is 0 Å². The molecule has 1 amide bonds. The molecule has 1 aliphatic carbocycles. The second kappa shape index (κ2) is 7.48. The lowest BCUT2D eigenvalue weighted by Gasteiger charge is -2.31. The monoisotopic (exact) mass is 320 g/mol. The van der Waals surface area contributed by atoms with Crippen LogP contribution in [0, 0.1) is 5.41 Å². The number of nitrogens with one attached hydrogen (secondary N) is 2. The Morgan fingerprint density at radius 3 is 2.61 bits per heavy atom. The van der Waals surface area contributed by atoms with Gasteiger partial charge in [-0.2, -0.15) is 0 Å². The minimum absolute atomic E-state index is 0.210. The molecule has 1 aromatic heterocycles. The Morgan fingerprint density at radius 1 is 1.39 bits per heavy atom. The van der Waals surface area contributed by atoms with Crippen molar-refractivity contribution in [2.45, 2.75) is 32.2 Å². The number of carbonyl (C=O) groups excluding carboxylic acids is 1. The second-order valence-corrected chi connectivity index (χ2v) is 6.42. The Balaban J connectivity index is 1.93. The highest BCUT2D eigenvalue weighted by Gasteiger charge is 2.42. The van der Waals surface area contributed by atoms with E-state index in [9.17, 15) is 4.79 Å². The zero-order valence-electron chi connectivity index (χ0n) is 14.6. The highest BCUT2D eigenvalue weighted by atomic mass is 16.2. The lowest BCUT2D eigenvalue weighted by Crippen LogP contribution is -2.49. The summed E-state index contributed by atoms with van der Waals surface area (Å²) in [5.41, 5.74) is -0.301. The number of hydrogen-bond donors (Lipinski definition) is 2. The first kappa shape index (κ1) is 17.3. The van der Waals surface area contributed by atoms with Gasteiger partial charge in [0.1, 0.15) is 5.82 Å². The van der Waals surface area contributed by atoms with Gasteiger partial charge in [0.15, 0.2) is 5.96 Å². The number of rotatable bonds is 5. The summed E-state index contributed by atoms with van der Waals surface area (Å²) < 4.78 is 1.97. The van der Waals surface area contributed by atoms with E-state index in [4.69, 9.17) is 0 Å². The molecule has 7 heteroatoms. The number of aryl methyl sites for hydroxylation is 1. The number of carbonyl (C=O) groups is 1. The molecule has 0 aromatic carbocycles. The minimum Gasteiger partial charge on any atom is -0.355 e.